The molecule has 0 bridgehead atoms. The van der Waals surface area contributed by atoms with Crippen molar-refractivity contribution in [3.63, 3.8) is 0 Å². The van der Waals surface area contributed by atoms with Gasteiger partial charge in [0.2, 0.25) is 0 Å². The maximum absolute atomic E-state index is 13.1. The minimum absolute atomic E-state index is 0.0452. The lowest BCUT2D eigenvalue weighted by molar-refractivity contribution is -0.132. The molecule has 1 aromatic heterocycles. The van der Waals surface area contributed by atoms with E-state index in [0.717, 1.165) is 6.42 Å². The minimum atomic E-state index is -0.916. The smallest absolute Gasteiger partial charge is 0.301 e. The number of aliphatic hydroxyl groups is 1. The molecule has 1 aliphatic rings. The van der Waals surface area contributed by atoms with Crippen LogP contribution in [-0.4, -0.2) is 35.7 Å². The van der Waals surface area contributed by atoms with Crippen LogP contribution in [0.1, 0.15) is 36.3 Å². The van der Waals surface area contributed by atoms with E-state index in [2.05, 4.69) is 5.16 Å². The highest BCUT2D eigenvalue weighted by atomic mass is 16.5. The molecule has 1 amide bonds. The van der Waals surface area contributed by atoms with Gasteiger partial charge in [-0.25, -0.2) is 0 Å². The Morgan fingerprint density at radius 2 is 1.88 bits per heavy atom. The standard InChI is InChI=1S/C25H24N2O6/c1-4-12-32-18-10-8-16(9-11-18)23(28)21-22(17-6-5-7-19(14-17)31-3)27(25(30)24(21)29)20-13-15(2)33-26-20/h5-11,13-14,22,28H,4,12H2,1-3H3. The van der Waals surface area contributed by atoms with Gasteiger partial charge in [0, 0.05) is 11.6 Å². The van der Waals surface area contributed by atoms with Gasteiger partial charge in [0.25, 0.3) is 5.78 Å². The zero-order valence-electron chi connectivity index (χ0n) is 18.6. The number of rotatable bonds is 7. The molecule has 4 rings (SSSR count). The van der Waals surface area contributed by atoms with Gasteiger partial charge in [0.15, 0.2) is 5.82 Å². The Balaban J connectivity index is 1.85. The van der Waals surface area contributed by atoms with Gasteiger partial charge in [-0.1, -0.05) is 24.2 Å². The average Bonchev–Trinajstić information content (AvgIpc) is 3.38. The number of aliphatic hydroxyl groups excluding tert-OH is 1. The predicted molar refractivity (Wildman–Crippen MR) is 121 cm³/mol. The summed E-state index contributed by atoms with van der Waals surface area (Å²) in [5, 5.41) is 15.1. The summed E-state index contributed by atoms with van der Waals surface area (Å²) in [5.41, 5.74) is 0.927. The van der Waals surface area contributed by atoms with Gasteiger partial charge in [0.05, 0.1) is 25.3 Å². The number of ketones is 1. The van der Waals surface area contributed by atoms with E-state index in [0.29, 0.717) is 35.0 Å². The van der Waals surface area contributed by atoms with Crippen LogP contribution >= 0.6 is 0 Å². The number of benzene rings is 2. The second kappa shape index (κ2) is 9.20. The lowest BCUT2D eigenvalue weighted by atomic mass is 9.95. The lowest BCUT2D eigenvalue weighted by Gasteiger charge is -2.23. The van der Waals surface area contributed by atoms with Crippen molar-refractivity contribution < 1.29 is 28.7 Å². The highest BCUT2D eigenvalue weighted by Crippen LogP contribution is 2.42. The van der Waals surface area contributed by atoms with Gasteiger partial charge in [0.1, 0.15) is 23.0 Å². The lowest BCUT2D eigenvalue weighted by Crippen LogP contribution is -2.29. The van der Waals surface area contributed by atoms with Gasteiger partial charge in [-0.2, -0.15) is 0 Å². The van der Waals surface area contributed by atoms with Crippen LogP contribution in [0.3, 0.4) is 0 Å². The van der Waals surface area contributed by atoms with Crippen molar-refractivity contribution in [2.45, 2.75) is 26.3 Å². The molecule has 0 radical (unpaired) electrons. The summed E-state index contributed by atoms with van der Waals surface area (Å²) in [6.45, 7) is 4.27. The van der Waals surface area contributed by atoms with Crippen molar-refractivity contribution in [3.05, 3.63) is 77.1 Å². The first-order valence-electron chi connectivity index (χ1n) is 10.6. The van der Waals surface area contributed by atoms with E-state index in [1.54, 1.807) is 61.5 Å². The maximum atomic E-state index is 13.1. The zero-order chi connectivity index (χ0) is 23.5. The van der Waals surface area contributed by atoms with Crippen LogP contribution in [0.15, 0.2) is 64.7 Å². The Bertz CT molecular complexity index is 1210. The van der Waals surface area contributed by atoms with Crippen molar-refractivity contribution in [2.24, 2.45) is 0 Å². The van der Waals surface area contributed by atoms with Crippen LogP contribution in [0, 0.1) is 6.92 Å². The fourth-order valence-electron chi connectivity index (χ4n) is 3.75. The number of ether oxygens (including phenoxy) is 2. The van der Waals surface area contributed by atoms with E-state index in [-0.39, 0.29) is 17.2 Å². The van der Waals surface area contributed by atoms with Crippen molar-refractivity contribution >= 4 is 23.3 Å². The van der Waals surface area contributed by atoms with Crippen LogP contribution in [0.4, 0.5) is 5.82 Å². The number of carbonyl (C=O) groups excluding carboxylic acids is 2. The number of nitrogens with zero attached hydrogens (tertiary/aromatic N) is 2. The molecule has 8 heteroatoms. The Morgan fingerprint density at radius 3 is 2.52 bits per heavy atom. The quantitative estimate of drug-likeness (QED) is 0.325. The molecular weight excluding hydrogens is 424 g/mol. The Hall–Kier alpha value is -4.07. The van der Waals surface area contributed by atoms with Crippen LogP contribution in [0.2, 0.25) is 0 Å². The largest absolute Gasteiger partial charge is 0.507 e. The molecule has 1 aliphatic heterocycles. The highest BCUT2D eigenvalue weighted by molar-refractivity contribution is 6.51. The molecule has 8 nitrogen and oxygen atoms in total. The van der Waals surface area contributed by atoms with Crippen molar-refractivity contribution in [1.82, 2.24) is 5.16 Å². The van der Waals surface area contributed by atoms with Crippen molar-refractivity contribution in [1.29, 1.82) is 0 Å². The third-order valence-corrected chi connectivity index (χ3v) is 5.32. The molecule has 33 heavy (non-hydrogen) atoms. The summed E-state index contributed by atoms with van der Waals surface area (Å²) in [6, 6.07) is 14.4. The second-order valence-corrected chi connectivity index (χ2v) is 7.61. The van der Waals surface area contributed by atoms with Gasteiger partial charge in [-0.05, 0) is 55.3 Å². The molecule has 1 unspecified atom stereocenters. The topological polar surface area (TPSA) is 102 Å². The first-order chi connectivity index (χ1) is 15.9. The zero-order valence-corrected chi connectivity index (χ0v) is 18.6. The van der Waals surface area contributed by atoms with E-state index < -0.39 is 17.7 Å². The number of carbonyl (C=O) groups is 2. The summed E-state index contributed by atoms with van der Waals surface area (Å²) in [7, 11) is 1.53. The first kappa shape index (κ1) is 22.1. The molecule has 0 saturated carbocycles. The minimum Gasteiger partial charge on any atom is -0.507 e. The van der Waals surface area contributed by atoms with Gasteiger partial charge in [-0.3, -0.25) is 14.5 Å². The molecule has 1 fully saturated rings. The number of anilines is 1. The Labute approximate surface area is 191 Å². The van der Waals surface area contributed by atoms with E-state index in [1.807, 2.05) is 6.92 Å². The van der Waals surface area contributed by atoms with Gasteiger partial charge in [-0.15, -0.1) is 0 Å². The van der Waals surface area contributed by atoms with E-state index in [9.17, 15) is 14.7 Å². The third kappa shape index (κ3) is 4.19. The Kier molecular flexibility index (Phi) is 6.17. The first-order valence-corrected chi connectivity index (χ1v) is 10.6. The Morgan fingerprint density at radius 1 is 1.12 bits per heavy atom. The number of hydrogen-bond acceptors (Lipinski definition) is 7. The van der Waals surface area contributed by atoms with E-state index in [4.69, 9.17) is 14.0 Å². The van der Waals surface area contributed by atoms with E-state index >= 15 is 0 Å². The predicted octanol–water partition coefficient (Wildman–Crippen LogP) is 4.41. The molecule has 0 aliphatic carbocycles. The average molecular weight is 448 g/mol. The van der Waals surface area contributed by atoms with Crippen LogP contribution in [-0.2, 0) is 9.59 Å². The van der Waals surface area contributed by atoms with Gasteiger partial charge >= 0.3 is 5.91 Å². The number of amides is 1. The van der Waals surface area contributed by atoms with Crippen molar-refractivity contribution in [3.8, 4) is 11.5 Å². The third-order valence-electron chi connectivity index (χ3n) is 5.32. The molecule has 0 spiro atoms. The molecule has 1 atom stereocenters. The fourth-order valence-corrected chi connectivity index (χ4v) is 3.75. The summed E-state index contributed by atoms with van der Waals surface area (Å²) in [6.07, 6.45) is 0.868. The van der Waals surface area contributed by atoms with Gasteiger partial charge < -0.3 is 19.1 Å². The molecular formula is C25H24N2O6. The monoisotopic (exact) mass is 448 g/mol. The molecule has 1 saturated heterocycles. The summed E-state index contributed by atoms with van der Waals surface area (Å²) in [4.78, 5) is 27.4. The molecule has 170 valence electrons. The number of Topliss-reactive ketones (excluding diaryl/α,β-unsaturated/α-hetero) is 1. The normalized spacial score (nSPS) is 17.4. The number of methoxy groups -OCH3 is 1. The summed E-state index contributed by atoms with van der Waals surface area (Å²) < 4.78 is 16.1. The molecule has 2 heterocycles. The number of hydrogen-bond donors (Lipinski definition) is 1. The second-order valence-electron chi connectivity index (χ2n) is 7.61. The highest BCUT2D eigenvalue weighted by Gasteiger charge is 2.48. The summed E-state index contributed by atoms with van der Waals surface area (Å²) >= 11 is 0. The maximum Gasteiger partial charge on any atom is 0.301 e. The molecule has 3 aromatic rings. The molecule has 2 aromatic carbocycles. The van der Waals surface area contributed by atoms with E-state index in [1.165, 1.54) is 12.0 Å². The van der Waals surface area contributed by atoms with Crippen LogP contribution in [0.5, 0.6) is 11.5 Å². The number of aryl methyl sites for hydroxylation is 1. The van der Waals surface area contributed by atoms with Crippen LogP contribution in [0.25, 0.3) is 5.76 Å². The number of aromatic nitrogens is 1. The van der Waals surface area contributed by atoms with Crippen LogP contribution < -0.4 is 14.4 Å². The molecule has 1 N–H and O–H groups in total. The van der Waals surface area contributed by atoms with Crippen molar-refractivity contribution in [2.75, 3.05) is 18.6 Å². The summed E-state index contributed by atoms with van der Waals surface area (Å²) in [5.74, 6) is -0.0364. The fraction of sp³-hybridized carbons (Fsp3) is 0.240. The SMILES string of the molecule is CCCOc1ccc(C(O)=C2C(=O)C(=O)N(c3cc(C)on3)C2c2cccc(OC)c2)cc1.